The van der Waals surface area contributed by atoms with Crippen molar-refractivity contribution in [3.63, 3.8) is 0 Å². The van der Waals surface area contributed by atoms with E-state index in [0.717, 1.165) is 5.75 Å². The van der Waals surface area contributed by atoms with Gasteiger partial charge >= 0.3 is 0 Å². The highest BCUT2D eigenvalue weighted by molar-refractivity contribution is 7.98. The second-order valence-corrected chi connectivity index (χ2v) is 8.25. The fourth-order valence-corrected chi connectivity index (χ4v) is 4.27. The molecule has 0 aromatic heterocycles. The van der Waals surface area contributed by atoms with Gasteiger partial charge in [0.1, 0.15) is 5.75 Å². The summed E-state index contributed by atoms with van der Waals surface area (Å²) in [5, 5.41) is 2.47. The number of ether oxygens (including phenoxy) is 1. The lowest BCUT2D eigenvalue weighted by Gasteiger charge is -2.11. The van der Waals surface area contributed by atoms with Gasteiger partial charge in [0.2, 0.25) is 10.0 Å². The third-order valence-electron chi connectivity index (χ3n) is 3.60. The largest absolute Gasteiger partial charge is 0.496 e. The fourth-order valence-electron chi connectivity index (χ4n) is 2.26. The van der Waals surface area contributed by atoms with E-state index >= 15 is 0 Å². The molecule has 2 aromatic rings. The highest BCUT2D eigenvalue weighted by Gasteiger charge is 2.19. The number of methoxy groups -OCH3 is 1. The normalized spacial score (nSPS) is 11.2. The van der Waals surface area contributed by atoms with Crippen LogP contribution in [0.5, 0.6) is 5.75 Å². The van der Waals surface area contributed by atoms with Crippen LogP contribution in [0.1, 0.15) is 15.9 Å². The Bertz CT molecular complexity index is 840. The third kappa shape index (κ3) is 5.48. The second kappa shape index (κ2) is 9.61. The molecule has 0 spiro atoms. The molecule has 8 heteroatoms. The Morgan fingerprint density at radius 1 is 1.15 bits per heavy atom. The minimum Gasteiger partial charge on any atom is -0.496 e. The zero-order valence-electron chi connectivity index (χ0n) is 14.7. The summed E-state index contributed by atoms with van der Waals surface area (Å²) in [6.45, 7) is 0.307. The van der Waals surface area contributed by atoms with Crippen LogP contribution in [0.3, 0.4) is 0 Å². The van der Waals surface area contributed by atoms with E-state index in [1.165, 1.54) is 37.9 Å². The molecule has 6 nitrogen and oxygen atoms in total. The maximum absolute atomic E-state index is 12.4. The summed E-state index contributed by atoms with van der Waals surface area (Å²) >= 11 is 1.65. The molecule has 26 heavy (non-hydrogen) atoms. The summed E-state index contributed by atoms with van der Waals surface area (Å²) in [5.74, 6) is 1.39. The molecule has 0 radical (unpaired) electrons. The summed E-state index contributed by atoms with van der Waals surface area (Å²) < 4.78 is 32.5. The van der Waals surface area contributed by atoms with Crippen LogP contribution < -0.4 is 14.8 Å². The molecule has 1 amide bonds. The first-order valence-corrected chi connectivity index (χ1v) is 10.6. The van der Waals surface area contributed by atoms with E-state index in [4.69, 9.17) is 4.74 Å². The Morgan fingerprint density at radius 2 is 1.88 bits per heavy atom. The predicted octanol–water partition coefficient (Wildman–Crippen LogP) is 2.27. The smallest absolute Gasteiger partial charge is 0.254 e. The quantitative estimate of drug-likeness (QED) is 0.638. The molecule has 2 aromatic carbocycles. The topological polar surface area (TPSA) is 84.5 Å². The number of rotatable bonds is 9. The van der Waals surface area contributed by atoms with Crippen molar-refractivity contribution in [2.24, 2.45) is 0 Å². The molecular weight excluding hydrogens is 372 g/mol. The molecule has 0 atom stereocenters. The number of hydrogen-bond donors (Lipinski definition) is 2. The number of carbonyl (C=O) groups is 1. The standard InChI is InChI=1S/C18H22N2O4S2/c1-19-18(21)16-12-15(8-9-17(16)24-2)26(22,23)20-10-11-25-13-14-6-4-3-5-7-14/h3-9,12,20H,10-11,13H2,1-2H3,(H,19,21). The lowest BCUT2D eigenvalue weighted by molar-refractivity contribution is 0.0960. The highest BCUT2D eigenvalue weighted by atomic mass is 32.2. The molecule has 0 saturated carbocycles. The van der Waals surface area contributed by atoms with Gasteiger partial charge in [-0.05, 0) is 23.8 Å². The number of nitrogens with one attached hydrogen (secondary N) is 2. The van der Waals surface area contributed by atoms with Gasteiger partial charge in [-0.1, -0.05) is 30.3 Å². The molecule has 0 fully saturated rings. The maximum atomic E-state index is 12.4. The molecule has 2 N–H and O–H groups in total. The number of sulfonamides is 1. The lowest BCUT2D eigenvalue weighted by atomic mass is 10.2. The van der Waals surface area contributed by atoms with E-state index in [2.05, 4.69) is 10.0 Å². The first kappa shape index (κ1) is 20.3. The molecule has 0 bridgehead atoms. The van der Waals surface area contributed by atoms with E-state index < -0.39 is 15.9 Å². The van der Waals surface area contributed by atoms with Crippen LogP contribution in [-0.2, 0) is 15.8 Å². The molecule has 0 heterocycles. The van der Waals surface area contributed by atoms with E-state index in [-0.39, 0.29) is 10.5 Å². The Hall–Kier alpha value is -2.03. The van der Waals surface area contributed by atoms with Crippen molar-refractivity contribution in [2.75, 3.05) is 26.5 Å². The van der Waals surface area contributed by atoms with Crippen LogP contribution in [0, 0.1) is 0 Å². The van der Waals surface area contributed by atoms with Gasteiger partial charge < -0.3 is 10.1 Å². The minimum absolute atomic E-state index is 0.0324. The minimum atomic E-state index is -3.69. The molecule has 0 unspecified atom stereocenters. The summed E-state index contributed by atoms with van der Waals surface area (Å²) in [5.41, 5.74) is 1.38. The van der Waals surface area contributed by atoms with Gasteiger partial charge in [0.05, 0.1) is 17.6 Å². The number of amides is 1. The van der Waals surface area contributed by atoms with E-state index in [1.807, 2.05) is 30.3 Å². The van der Waals surface area contributed by atoms with Crippen molar-refractivity contribution in [1.82, 2.24) is 10.0 Å². The van der Waals surface area contributed by atoms with Crippen molar-refractivity contribution in [2.45, 2.75) is 10.6 Å². The van der Waals surface area contributed by atoms with E-state index in [0.29, 0.717) is 18.0 Å². The van der Waals surface area contributed by atoms with Crippen molar-refractivity contribution in [3.8, 4) is 5.75 Å². The van der Waals surface area contributed by atoms with Crippen LogP contribution >= 0.6 is 11.8 Å². The van der Waals surface area contributed by atoms with Crippen LogP contribution in [0.25, 0.3) is 0 Å². The fraction of sp³-hybridized carbons (Fsp3) is 0.278. The Kier molecular flexibility index (Phi) is 7.50. The molecule has 0 saturated heterocycles. The Morgan fingerprint density at radius 3 is 2.54 bits per heavy atom. The van der Waals surface area contributed by atoms with Gasteiger partial charge in [-0.25, -0.2) is 13.1 Å². The second-order valence-electron chi connectivity index (χ2n) is 5.38. The lowest BCUT2D eigenvalue weighted by Crippen LogP contribution is -2.27. The number of thioether (sulfide) groups is 1. The van der Waals surface area contributed by atoms with Gasteiger partial charge in [-0.3, -0.25) is 4.79 Å². The first-order chi connectivity index (χ1) is 12.5. The maximum Gasteiger partial charge on any atom is 0.254 e. The van der Waals surface area contributed by atoms with Gasteiger partial charge in [0, 0.05) is 25.1 Å². The Labute approximate surface area is 158 Å². The van der Waals surface area contributed by atoms with E-state index in [1.54, 1.807) is 11.8 Å². The van der Waals surface area contributed by atoms with Crippen molar-refractivity contribution < 1.29 is 17.9 Å². The van der Waals surface area contributed by atoms with Gasteiger partial charge in [0.25, 0.3) is 5.91 Å². The van der Waals surface area contributed by atoms with Crippen molar-refractivity contribution >= 4 is 27.7 Å². The predicted molar refractivity (Wildman–Crippen MR) is 104 cm³/mol. The molecule has 0 aliphatic carbocycles. The van der Waals surface area contributed by atoms with Crippen LogP contribution in [-0.4, -0.2) is 40.8 Å². The first-order valence-electron chi connectivity index (χ1n) is 7.99. The van der Waals surface area contributed by atoms with Crippen LogP contribution in [0.15, 0.2) is 53.4 Å². The summed E-state index contributed by atoms with van der Waals surface area (Å²) in [6, 6.07) is 14.2. The zero-order valence-corrected chi connectivity index (χ0v) is 16.3. The molecular formula is C18H22N2O4S2. The van der Waals surface area contributed by atoms with Crippen molar-refractivity contribution in [1.29, 1.82) is 0 Å². The summed E-state index contributed by atoms with van der Waals surface area (Å²) in [6.07, 6.45) is 0. The van der Waals surface area contributed by atoms with Gasteiger partial charge in [0.15, 0.2) is 0 Å². The molecule has 0 aliphatic rings. The van der Waals surface area contributed by atoms with Gasteiger partial charge in [-0.15, -0.1) is 0 Å². The highest BCUT2D eigenvalue weighted by Crippen LogP contribution is 2.22. The monoisotopic (exact) mass is 394 g/mol. The Balaban J connectivity index is 1.95. The SMILES string of the molecule is CNC(=O)c1cc(S(=O)(=O)NCCSCc2ccccc2)ccc1OC. The number of hydrogen-bond acceptors (Lipinski definition) is 5. The summed E-state index contributed by atoms with van der Waals surface area (Å²) in [4.78, 5) is 11.9. The zero-order chi connectivity index (χ0) is 19.0. The van der Waals surface area contributed by atoms with Crippen LogP contribution in [0.4, 0.5) is 0 Å². The molecule has 0 aliphatic heterocycles. The average Bonchev–Trinajstić information content (AvgIpc) is 2.67. The number of benzene rings is 2. The summed E-state index contributed by atoms with van der Waals surface area (Å²) in [7, 11) is -0.787. The van der Waals surface area contributed by atoms with Gasteiger partial charge in [-0.2, -0.15) is 11.8 Å². The van der Waals surface area contributed by atoms with E-state index in [9.17, 15) is 13.2 Å². The molecule has 2 rings (SSSR count). The third-order valence-corrected chi connectivity index (χ3v) is 6.09. The van der Waals surface area contributed by atoms with Crippen molar-refractivity contribution in [3.05, 3.63) is 59.7 Å². The van der Waals surface area contributed by atoms with Crippen LogP contribution in [0.2, 0.25) is 0 Å². The number of carbonyl (C=O) groups excluding carboxylic acids is 1. The molecule has 140 valence electrons. The average molecular weight is 395 g/mol.